The lowest BCUT2D eigenvalue weighted by molar-refractivity contribution is -0.144. The second-order valence-corrected chi connectivity index (χ2v) is 6.22. The van der Waals surface area contributed by atoms with Crippen LogP contribution in [-0.4, -0.2) is 16.1 Å². The van der Waals surface area contributed by atoms with E-state index in [1.807, 2.05) is 24.3 Å². The summed E-state index contributed by atoms with van der Waals surface area (Å²) >= 11 is 0. The zero-order chi connectivity index (χ0) is 18.5. The quantitative estimate of drug-likeness (QED) is 0.618. The summed E-state index contributed by atoms with van der Waals surface area (Å²) in [6, 6.07) is 14.0. The third kappa shape index (κ3) is 4.33. The highest BCUT2D eigenvalue weighted by atomic mass is 19.1. The summed E-state index contributed by atoms with van der Waals surface area (Å²) in [6.07, 6.45) is -0.148. The first kappa shape index (κ1) is 17.8. The van der Waals surface area contributed by atoms with Gasteiger partial charge < -0.3 is 9.26 Å². The van der Waals surface area contributed by atoms with Crippen LogP contribution in [0.5, 0.6) is 0 Å². The van der Waals surface area contributed by atoms with E-state index >= 15 is 0 Å². The highest BCUT2D eigenvalue weighted by molar-refractivity contribution is 5.72. The van der Waals surface area contributed by atoms with E-state index in [2.05, 4.69) is 24.0 Å². The molecule has 1 aromatic heterocycles. The van der Waals surface area contributed by atoms with Crippen LogP contribution in [-0.2, 0) is 22.6 Å². The molecule has 0 aliphatic rings. The number of ether oxygens (including phenoxy) is 1. The Kier molecular flexibility index (Phi) is 5.41. The molecule has 0 spiro atoms. The Morgan fingerprint density at radius 2 is 1.88 bits per heavy atom. The number of halogens is 1. The summed E-state index contributed by atoms with van der Waals surface area (Å²) in [7, 11) is 0. The zero-order valence-electron chi connectivity index (χ0n) is 14.6. The summed E-state index contributed by atoms with van der Waals surface area (Å²) in [5.41, 5.74) is 2.33. The molecule has 6 heteroatoms. The molecule has 134 valence electrons. The molecule has 0 N–H and O–H groups in total. The van der Waals surface area contributed by atoms with E-state index in [1.165, 1.54) is 11.6 Å². The van der Waals surface area contributed by atoms with E-state index < -0.39 is 11.8 Å². The molecule has 0 fully saturated rings. The van der Waals surface area contributed by atoms with Crippen molar-refractivity contribution in [2.45, 2.75) is 32.8 Å². The van der Waals surface area contributed by atoms with Gasteiger partial charge in [0.15, 0.2) is 6.61 Å². The normalized spacial score (nSPS) is 10.9. The Hall–Kier alpha value is -3.02. The number of hydrogen-bond donors (Lipinski definition) is 0. The van der Waals surface area contributed by atoms with Gasteiger partial charge in [0.2, 0.25) is 5.82 Å². The predicted molar refractivity (Wildman–Crippen MR) is 93.7 cm³/mol. The molecule has 0 aliphatic carbocycles. The van der Waals surface area contributed by atoms with Crippen molar-refractivity contribution >= 4 is 5.97 Å². The summed E-state index contributed by atoms with van der Waals surface area (Å²) in [5, 5.41) is 3.90. The first-order chi connectivity index (χ1) is 12.5. The topological polar surface area (TPSA) is 65.2 Å². The van der Waals surface area contributed by atoms with E-state index in [4.69, 9.17) is 9.26 Å². The van der Waals surface area contributed by atoms with E-state index in [0.717, 1.165) is 5.56 Å². The lowest BCUT2D eigenvalue weighted by Gasteiger charge is -2.04. The van der Waals surface area contributed by atoms with Gasteiger partial charge in [0.1, 0.15) is 5.82 Å². The molecule has 0 aliphatic heterocycles. The highest BCUT2D eigenvalue weighted by Gasteiger charge is 2.13. The van der Waals surface area contributed by atoms with E-state index in [-0.39, 0.29) is 24.5 Å². The maximum Gasteiger partial charge on any atom is 0.310 e. The average molecular weight is 354 g/mol. The standard InChI is InChI=1S/C20H19FN2O3/c1-13(2)14-7-9-15(10-8-14)20-22-18(26-23-20)12-25-19(24)11-16-5-3-4-6-17(16)21/h3-10,13H,11-12H2,1-2H3. The van der Waals surface area contributed by atoms with Gasteiger partial charge in [-0.2, -0.15) is 4.98 Å². The van der Waals surface area contributed by atoms with Gasteiger partial charge in [-0.15, -0.1) is 0 Å². The minimum atomic E-state index is -0.559. The van der Waals surface area contributed by atoms with Crippen molar-refractivity contribution in [2.24, 2.45) is 0 Å². The fraction of sp³-hybridized carbons (Fsp3) is 0.250. The van der Waals surface area contributed by atoms with Gasteiger partial charge in [-0.05, 0) is 23.1 Å². The van der Waals surface area contributed by atoms with Crippen LogP contribution in [0.3, 0.4) is 0 Å². The van der Waals surface area contributed by atoms with Crippen LogP contribution in [0.25, 0.3) is 11.4 Å². The lowest BCUT2D eigenvalue weighted by atomic mass is 10.0. The second kappa shape index (κ2) is 7.91. The monoisotopic (exact) mass is 354 g/mol. The molecular formula is C20H19FN2O3. The molecule has 5 nitrogen and oxygen atoms in total. The Morgan fingerprint density at radius 3 is 2.58 bits per heavy atom. The first-order valence-electron chi connectivity index (χ1n) is 8.35. The van der Waals surface area contributed by atoms with Crippen LogP contribution in [0.4, 0.5) is 4.39 Å². The molecule has 0 bridgehead atoms. The minimum Gasteiger partial charge on any atom is -0.455 e. The fourth-order valence-corrected chi connectivity index (χ4v) is 2.44. The van der Waals surface area contributed by atoms with Crippen LogP contribution < -0.4 is 0 Å². The van der Waals surface area contributed by atoms with Crippen molar-refractivity contribution in [3.63, 3.8) is 0 Å². The molecule has 3 aromatic rings. The second-order valence-electron chi connectivity index (χ2n) is 6.22. The molecule has 0 saturated heterocycles. The Morgan fingerprint density at radius 1 is 1.15 bits per heavy atom. The number of aromatic nitrogens is 2. The third-order valence-electron chi connectivity index (χ3n) is 3.95. The number of carbonyl (C=O) groups excluding carboxylic acids is 1. The van der Waals surface area contributed by atoms with E-state index in [9.17, 15) is 9.18 Å². The molecular weight excluding hydrogens is 335 g/mol. The average Bonchev–Trinajstić information content (AvgIpc) is 3.11. The number of carbonyl (C=O) groups is 1. The fourth-order valence-electron chi connectivity index (χ4n) is 2.44. The number of hydrogen-bond acceptors (Lipinski definition) is 5. The molecule has 0 unspecified atom stereocenters. The molecule has 3 rings (SSSR count). The minimum absolute atomic E-state index is 0.148. The SMILES string of the molecule is CC(C)c1ccc(-c2noc(COC(=O)Cc3ccccc3F)n2)cc1. The van der Waals surface area contributed by atoms with Gasteiger partial charge >= 0.3 is 5.97 Å². The van der Waals surface area contributed by atoms with Gasteiger partial charge in [0, 0.05) is 5.56 Å². The maximum atomic E-state index is 13.5. The van der Waals surface area contributed by atoms with Crippen LogP contribution in [0, 0.1) is 5.82 Å². The number of esters is 1. The van der Waals surface area contributed by atoms with Crippen LogP contribution in [0.1, 0.15) is 36.8 Å². The van der Waals surface area contributed by atoms with Crippen molar-refractivity contribution in [3.8, 4) is 11.4 Å². The largest absolute Gasteiger partial charge is 0.455 e. The molecule has 26 heavy (non-hydrogen) atoms. The van der Waals surface area contributed by atoms with Gasteiger partial charge in [0.25, 0.3) is 5.89 Å². The van der Waals surface area contributed by atoms with Crippen molar-refractivity contribution < 1.29 is 18.4 Å². The van der Waals surface area contributed by atoms with Gasteiger partial charge in [-0.25, -0.2) is 4.39 Å². The Balaban J connectivity index is 1.58. The molecule has 0 radical (unpaired) electrons. The van der Waals surface area contributed by atoms with Crippen molar-refractivity contribution in [1.82, 2.24) is 10.1 Å². The summed E-state index contributed by atoms with van der Waals surface area (Å²) in [6.45, 7) is 4.10. The smallest absolute Gasteiger partial charge is 0.310 e. The lowest BCUT2D eigenvalue weighted by Crippen LogP contribution is -2.09. The van der Waals surface area contributed by atoms with Crippen LogP contribution in [0.15, 0.2) is 53.1 Å². The number of benzene rings is 2. The van der Waals surface area contributed by atoms with E-state index in [1.54, 1.807) is 18.2 Å². The zero-order valence-corrected chi connectivity index (χ0v) is 14.6. The molecule has 0 amide bonds. The highest BCUT2D eigenvalue weighted by Crippen LogP contribution is 2.20. The summed E-state index contributed by atoms with van der Waals surface area (Å²) < 4.78 is 23.7. The summed E-state index contributed by atoms with van der Waals surface area (Å²) in [4.78, 5) is 16.1. The number of rotatable bonds is 6. The molecule has 0 saturated carbocycles. The van der Waals surface area contributed by atoms with Gasteiger partial charge in [-0.3, -0.25) is 4.79 Å². The van der Waals surface area contributed by atoms with Crippen molar-refractivity contribution in [3.05, 3.63) is 71.4 Å². The molecule has 0 atom stereocenters. The van der Waals surface area contributed by atoms with Crippen molar-refractivity contribution in [2.75, 3.05) is 0 Å². The Bertz CT molecular complexity index is 888. The first-order valence-corrected chi connectivity index (χ1v) is 8.35. The van der Waals surface area contributed by atoms with Crippen molar-refractivity contribution in [1.29, 1.82) is 0 Å². The summed E-state index contributed by atoms with van der Waals surface area (Å²) in [5.74, 6) is 0.0690. The van der Waals surface area contributed by atoms with Crippen LogP contribution in [0.2, 0.25) is 0 Å². The number of nitrogens with zero attached hydrogens (tertiary/aromatic N) is 2. The Labute approximate surface area is 150 Å². The van der Waals surface area contributed by atoms with Crippen LogP contribution >= 0.6 is 0 Å². The van der Waals surface area contributed by atoms with Gasteiger partial charge in [0.05, 0.1) is 6.42 Å². The maximum absolute atomic E-state index is 13.5. The molecule has 2 aromatic carbocycles. The van der Waals surface area contributed by atoms with E-state index in [0.29, 0.717) is 11.7 Å². The molecule has 1 heterocycles. The van der Waals surface area contributed by atoms with Gasteiger partial charge in [-0.1, -0.05) is 61.5 Å². The predicted octanol–water partition coefficient (Wildman–Crippen LogP) is 4.29. The third-order valence-corrected chi connectivity index (χ3v) is 3.95.